The van der Waals surface area contributed by atoms with Gasteiger partial charge in [-0.2, -0.15) is 0 Å². The van der Waals surface area contributed by atoms with Gasteiger partial charge in [0.05, 0.1) is 28.2 Å². The summed E-state index contributed by atoms with van der Waals surface area (Å²) >= 11 is 0. The number of fused-ring (bicyclic) bond motifs is 4. The molecule has 2 unspecified atom stereocenters. The van der Waals surface area contributed by atoms with Crippen LogP contribution in [0.1, 0.15) is 96.1 Å². The van der Waals surface area contributed by atoms with Crippen molar-refractivity contribution in [3.63, 3.8) is 0 Å². The average Bonchev–Trinajstić information content (AvgIpc) is 3.78. The largest absolute Gasteiger partial charge is 0.457 e. The van der Waals surface area contributed by atoms with Crippen LogP contribution >= 0.6 is 0 Å². The molecule has 310 valence electrons. The first-order valence-electron chi connectivity index (χ1n) is 20.7. The molecule has 2 atom stereocenters. The number of benzene rings is 5. The monoisotopic (exact) mass is 817 g/mol. The topological polar surface area (TPSA) is 168 Å². The highest BCUT2D eigenvalue weighted by molar-refractivity contribution is 6.10. The molecule has 2 bridgehead atoms. The molecule has 0 aliphatic heterocycles. The minimum Gasteiger partial charge on any atom is -0.457 e. The van der Waals surface area contributed by atoms with Crippen LogP contribution in [0.5, 0.6) is 0 Å². The molecule has 0 spiro atoms. The maximum Gasteiger partial charge on any atom is 0.338 e. The number of carbonyl (C=O) groups is 5. The van der Waals surface area contributed by atoms with Gasteiger partial charge in [0, 0.05) is 35.4 Å². The lowest BCUT2D eigenvalue weighted by atomic mass is 9.68. The summed E-state index contributed by atoms with van der Waals surface area (Å²) in [4.78, 5) is 72.0. The van der Waals surface area contributed by atoms with Gasteiger partial charge in [0.1, 0.15) is 13.2 Å². The minimum absolute atomic E-state index is 0.00185. The molecule has 3 aliphatic carbocycles. The Morgan fingerprint density at radius 1 is 0.656 bits per heavy atom. The van der Waals surface area contributed by atoms with Crippen LogP contribution in [0.3, 0.4) is 0 Å². The molecule has 9 rings (SSSR count). The van der Waals surface area contributed by atoms with Crippen LogP contribution in [0, 0.1) is 11.8 Å². The van der Waals surface area contributed by atoms with Gasteiger partial charge in [-0.1, -0.05) is 104 Å². The third-order valence-corrected chi connectivity index (χ3v) is 11.7. The molecule has 1 heterocycles. The summed E-state index contributed by atoms with van der Waals surface area (Å²) < 4.78 is 11.2. The van der Waals surface area contributed by atoms with E-state index >= 15 is 0 Å². The second-order valence-corrected chi connectivity index (χ2v) is 15.8. The zero-order chi connectivity index (χ0) is 42.1. The van der Waals surface area contributed by atoms with Crippen molar-refractivity contribution in [1.82, 2.24) is 21.2 Å². The molecule has 5 aromatic carbocycles. The summed E-state index contributed by atoms with van der Waals surface area (Å²) in [6, 6.07) is 36.9. The lowest BCUT2D eigenvalue weighted by Gasteiger charge is -2.42. The number of aromatic nitrogens is 1. The number of hydrazine groups is 1. The zero-order valence-corrected chi connectivity index (χ0v) is 33.5. The van der Waals surface area contributed by atoms with E-state index in [1.54, 1.807) is 42.6 Å². The Morgan fingerprint density at radius 2 is 1.25 bits per heavy atom. The highest BCUT2D eigenvalue weighted by atomic mass is 16.5. The Kier molecular flexibility index (Phi) is 12.6. The highest BCUT2D eigenvalue weighted by Crippen LogP contribution is 2.41. The van der Waals surface area contributed by atoms with Crippen LogP contribution in [0.4, 0.5) is 5.69 Å². The van der Waals surface area contributed by atoms with E-state index in [1.807, 2.05) is 72.8 Å². The number of hydrogen-bond acceptors (Lipinski definition) is 8. The van der Waals surface area contributed by atoms with E-state index in [1.165, 1.54) is 31.0 Å². The number of carbonyl (C=O) groups excluding carboxylic acids is 5. The van der Waals surface area contributed by atoms with Crippen LogP contribution < -0.4 is 21.5 Å². The number of ether oxygens (including phenoxy) is 2. The molecule has 3 saturated carbocycles. The van der Waals surface area contributed by atoms with Crippen molar-refractivity contribution in [1.29, 1.82) is 0 Å². The highest BCUT2D eigenvalue weighted by Gasteiger charge is 2.36. The molecule has 5 N–H and O–H groups in total. The van der Waals surface area contributed by atoms with E-state index in [0.29, 0.717) is 22.9 Å². The Morgan fingerprint density at radius 3 is 1.84 bits per heavy atom. The molecule has 0 radical (unpaired) electrons. The number of hydrogen-bond donors (Lipinski definition) is 5. The van der Waals surface area contributed by atoms with Crippen molar-refractivity contribution < 1.29 is 33.4 Å². The van der Waals surface area contributed by atoms with Gasteiger partial charge in [0.2, 0.25) is 5.91 Å². The van der Waals surface area contributed by atoms with Crippen molar-refractivity contribution >= 4 is 46.3 Å². The lowest BCUT2D eigenvalue weighted by molar-refractivity contribution is -0.117. The first-order chi connectivity index (χ1) is 29.8. The fraction of sp³-hybridized carbons (Fsp3) is 0.245. The molecule has 6 aromatic rings. The van der Waals surface area contributed by atoms with Crippen LogP contribution in [0.15, 0.2) is 134 Å². The van der Waals surface area contributed by atoms with E-state index in [9.17, 15) is 24.0 Å². The molecular weight excluding hydrogens is 771 g/mol. The van der Waals surface area contributed by atoms with Crippen molar-refractivity contribution in [2.24, 2.45) is 11.8 Å². The quantitative estimate of drug-likeness (QED) is 0.0516. The molecule has 3 amide bonds. The Labute approximate surface area is 353 Å². The smallest absolute Gasteiger partial charge is 0.338 e. The number of rotatable bonds is 15. The van der Waals surface area contributed by atoms with Gasteiger partial charge in [-0.15, -0.1) is 0 Å². The van der Waals surface area contributed by atoms with Gasteiger partial charge in [-0.25, -0.2) is 15.0 Å². The first-order valence-corrected chi connectivity index (χ1v) is 20.7. The van der Waals surface area contributed by atoms with Gasteiger partial charge in [0.25, 0.3) is 11.8 Å². The normalized spacial score (nSPS) is 17.2. The molecule has 0 saturated heterocycles. The van der Waals surface area contributed by atoms with Gasteiger partial charge in [0.15, 0.2) is 0 Å². The number of anilines is 1. The van der Waals surface area contributed by atoms with E-state index < -0.39 is 35.6 Å². The Balaban J connectivity index is 1.01. The van der Waals surface area contributed by atoms with E-state index in [0.717, 1.165) is 35.8 Å². The number of nitrogens with one attached hydrogen (secondary N) is 5. The van der Waals surface area contributed by atoms with E-state index in [4.69, 9.17) is 9.47 Å². The standard InChI is InChI=1S/C49H47N5O7/c55-45(40-26-36-20-21-50-43(36)27-41(40)47(57)54-53-44-22-31-16-18-35(44)19-17-31)51-28-42(34-14-8-3-9-15-34)46(56)52-39-24-37(48(58)60-29-32-10-4-1-5-11-32)23-38(25-39)49(59)61-30-33-12-6-2-7-13-33/h1-15,20-21,23-27,31,35,42,44,50,53H,16-19,22,28-30H2,(H,51,55)(H,52,56)(H,54,57). The maximum atomic E-state index is 14.3. The second-order valence-electron chi connectivity index (χ2n) is 15.8. The summed E-state index contributed by atoms with van der Waals surface area (Å²) in [5.74, 6) is -2.64. The third kappa shape index (κ3) is 10.0. The van der Waals surface area contributed by atoms with Gasteiger partial charge in [-0.3, -0.25) is 19.8 Å². The van der Waals surface area contributed by atoms with Crippen molar-refractivity contribution in [3.8, 4) is 0 Å². The summed E-state index contributed by atoms with van der Waals surface area (Å²) in [7, 11) is 0. The van der Waals surface area contributed by atoms with Crippen molar-refractivity contribution in [2.75, 3.05) is 11.9 Å². The van der Waals surface area contributed by atoms with Crippen LogP contribution in [0.2, 0.25) is 0 Å². The second kappa shape index (κ2) is 18.9. The number of aromatic amines is 1. The molecule has 3 aliphatic rings. The lowest BCUT2D eigenvalue weighted by Crippen LogP contribution is -2.52. The van der Waals surface area contributed by atoms with Crippen LogP contribution in [-0.4, -0.2) is 47.2 Å². The van der Waals surface area contributed by atoms with Crippen molar-refractivity contribution in [3.05, 3.63) is 173 Å². The maximum absolute atomic E-state index is 14.3. The summed E-state index contributed by atoms with van der Waals surface area (Å²) in [6.45, 7) is -0.147. The SMILES string of the molecule is O=C(OCc1ccccc1)c1cc(NC(=O)C(CNC(=O)c2cc3cc[nH]c3cc2C(=O)NNC2CC3CCC2CC3)c2ccccc2)cc(C(=O)OCc2ccccc2)c1. The van der Waals surface area contributed by atoms with E-state index in [-0.39, 0.29) is 53.7 Å². The van der Waals surface area contributed by atoms with E-state index in [2.05, 4.69) is 26.5 Å². The average molecular weight is 818 g/mol. The third-order valence-electron chi connectivity index (χ3n) is 11.7. The predicted octanol–water partition coefficient (Wildman–Crippen LogP) is 7.85. The molecule has 12 heteroatoms. The Bertz CT molecular complexity index is 2440. The predicted molar refractivity (Wildman–Crippen MR) is 230 cm³/mol. The van der Waals surface area contributed by atoms with Gasteiger partial charge >= 0.3 is 11.9 Å². The zero-order valence-electron chi connectivity index (χ0n) is 33.5. The Hall–Kier alpha value is -7.05. The molecular formula is C49H47N5O7. The number of H-pyrrole nitrogens is 1. The fourth-order valence-electron chi connectivity index (χ4n) is 8.37. The molecule has 3 fully saturated rings. The van der Waals surface area contributed by atoms with Gasteiger partial charge in [-0.05, 0) is 84.2 Å². The van der Waals surface area contributed by atoms with Crippen LogP contribution in [-0.2, 0) is 27.5 Å². The van der Waals surface area contributed by atoms with Crippen LogP contribution in [0.25, 0.3) is 10.9 Å². The van der Waals surface area contributed by atoms with Gasteiger partial charge < -0.3 is 25.1 Å². The first kappa shape index (κ1) is 40.7. The number of amides is 3. The minimum atomic E-state index is -0.927. The molecule has 12 nitrogen and oxygen atoms in total. The summed E-state index contributed by atoms with van der Waals surface area (Å²) in [5.41, 5.74) is 9.56. The molecule has 1 aromatic heterocycles. The fourth-order valence-corrected chi connectivity index (χ4v) is 8.37. The molecule has 61 heavy (non-hydrogen) atoms. The summed E-state index contributed by atoms with van der Waals surface area (Å²) in [5, 5.41) is 6.53. The van der Waals surface area contributed by atoms with Crippen molar-refractivity contribution in [2.45, 2.75) is 57.3 Å². The summed E-state index contributed by atoms with van der Waals surface area (Å²) in [6.07, 6.45) is 7.50. The number of esters is 2.